The fraction of sp³-hybridized carbons (Fsp3) is 0.143. The maximum Gasteiger partial charge on any atom is 0.285 e. The highest BCUT2D eigenvalue weighted by atomic mass is 28.4. The van der Waals surface area contributed by atoms with Crippen molar-refractivity contribution >= 4 is 23.9 Å². The summed E-state index contributed by atoms with van der Waals surface area (Å²) in [4.78, 5) is 11.6. The lowest BCUT2D eigenvalue weighted by Gasteiger charge is -2.26. The SMILES string of the molecule is CCCO.O[Si](c1ccccc1)(c1ccccc1)c1ccccc1. The number of benzene rings is 3. The van der Waals surface area contributed by atoms with Gasteiger partial charge < -0.3 is 9.90 Å². The second-order valence-corrected chi connectivity index (χ2v) is 8.68. The minimum atomic E-state index is -2.88. The van der Waals surface area contributed by atoms with E-state index in [1.807, 2.05) is 97.9 Å². The third-order valence-electron chi connectivity index (χ3n) is 3.80. The number of hydrogen-bond donors (Lipinski definition) is 2. The van der Waals surface area contributed by atoms with Crippen LogP contribution in [0.5, 0.6) is 0 Å². The van der Waals surface area contributed by atoms with E-state index in [1.54, 1.807) is 0 Å². The molecule has 3 aromatic carbocycles. The molecule has 0 atom stereocenters. The van der Waals surface area contributed by atoms with Gasteiger partial charge in [-0.15, -0.1) is 0 Å². The summed E-state index contributed by atoms with van der Waals surface area (Å²) >= 11 is 0. The van der Waals surface area contributed by atoms with Crippen molar-refractivity contribution < 1.29 is 9.90 Å². The van der Waals surface area contributed by atoms with Gasteiger partial charge >= 0.3 is 0 Å². The Morgan fingerprint density at radius 3 is 1.08 bits per heavy atom. The van der Waals surface area contributed by atoms with Crippen LogP contribution in [-0.2, 0) is 0 Å². The monoisotopic (exact) mass is 336 g/mol. The molecule has 0 heterocycles. The molecule has 0 aliphatic carbocycles. The molecule has 0 unspecified atom stereocenters. The predicted octanol–water partition coefficient (Wildman–Crippen LogP) is 2.03. The summed E-state index contributed by atoms with van der Waals surface area (Å²) in [5.41, 5.74) is 0. The second kappa shape index (κ2) is 9.18. The van der Waals surface area contributed by atoms with Crippen molar-refractivity contribution in [1.82, 2.24) is 0 Å². The molecule has 0 aliphatic rings. The third-order valence-corrected chi connectivity index (χ3v) is 7.30. The minimum absolute atomic E-state index is 0.319. The first kappa shape index (κ1) is 18.1. The summed E-state index contributed by atoms with van der Waals surface area (Å²) in [5.74, 6) is 0. The zero-order valence-corrected chi connectivity index (χ0v) is 15.0. The average molecular weight is 337 g/mol. The third kappa shape index (κ3) is 4.20. The lowest BCUT2D eigenvalue weighted by atomic mass is 10.3. The Balaban J connectivity index is 0.000000471. The topological polar surface area (TPSA) is 40.5 Å². The molecule has 0 aliphatic heterocycles. The van der Waals surface area contributed by atoms with Gasteiger partial charge in [-0.1, -0.05) is 97.9 Å². The highest BCUT2D eigenvalue weighted by molar-refractivity contribution is 7.06. The quantitative estimate of drug-likeness (QED) is 0.565. The van der Waals surface area contributed by atoms with Gasteiger partial charge in [-0.25, -0.2) is 0 Å². The second-order valence-electron chi connectivity index (χ2n) is 5.53. The summed E-state index contributed by atoms with van der Waals surface area (Å²) in [6.45, 7) is 2.25. The molecule has 24 heavy (non-hydrogen) atoms. The molecule has 3 aromatic rings. The molecule has 0 saturated heterocycles. The van der Waals surface area contributed by atoms with E-state index in [4.69, 9.17) is 5.11 Å². The highest BCUT2D eigenvalue weighted by Gasteiger charge is 2.37. The predicted molar refractivity (Wildman–Crippen MR) is 104 cm³/mol. The molecule has 0 amide bonds. The number of rotatable bonds is 4. The zero-order chi connectivity index (χ0) is 17.3. The maximum absolute atomic E-state index is 11.6. The van der Waals surface area contributed by atoms with Crippen LogP contribution in [0.25, 0.3) is 0 Å². The summed E-state index contributed by atoms with van der Waals surface area (Å²) in [6.07, 6.45) is 0.875. The van der Waals surface area contributed by atoms with Crippen LogP contribution in [0.3, 0.4) is 0 Å². The van der Waals surface area contributed by atoms with Crippen LogP contribution in [0.15, 0.2) is 91.0 Å². The van der Waals surface area contributed by atoms with Gasteiger partial charge in [0.25, 0.3) is 8.32 Å². The van der Waals surface area contributed by atoms with Gasteiger partial charge in [0.15, 0.2) is 0 Å². The first-order chi connectivity index (χ1) is 11.7. The van der Waals surface area contributed by atoms with E-state index >= 15 is 0 Å². The van der Waals surface area contributed by atoms with Crippen LogP contribution in [0.2, 0.25) is 0 Å². The van der Waals surface area contributed by atoms with Crippen LogP contribution >= 0.6 is 0 Å². The first-order valence-corrected chi connectivity index (χ1v) is 10.2. The van der Waals surface area contributed by atoms with Crippen molar-refractivity contribution in [3.63, 3.8) is 0 Å². The number of hydrogen-bond acceptors (Lipinski definition) is 2. The van der Waals surface area contributed by atoms with Crippen molar-refractivity contribution in [3.8, 4) is 0 Å². The van der Waals surface area contributed by atoms with Gasteiger partial charge in [-0.3, -0.25) is 0 Å². The molecule has 2 nitrogen and oxygen atoms in total. The van der Waals surface area contributed by atoms with Crippen molar-refractivity contribution in [2.75, 3.05) is 6.61 Å². The molecule has 124 valence electrons. The van der Waals surface area contributed by atoms with E-state index < -0.39 is 8.32 Å². The molecule has 0 spiro atoms. The molecular weight excluding hydrogens is 312 g/mol. The van der Waals surface area contributed by atoms with E-state index in [2.05, 4.69) is 0 Å². The molecule has 0 saturated carbocycles. The van der Waals surface area contributed by atoms with Gasteiger partial charge in [-0.05, 0) is 22.0 Å². The Kier molecular flexibility index (Phi) is 6.94. The Bertz CT molecular complexity index is 601. The molecule has 0 fully saturated rings. The molecular formula is C21H24O2Si. The Morgan fingerprint density at radius 2 is 0.875 bits per heavy atom. The van der Waals surface area contributed by atoms with E-state index in [0.717, 1.165) is 22.0 Å². The van der Waals surface area contributed by atoms with Crippen molar-refractivity contribution in [2.45, 2.75) is 13.3 Å². The molecule has 0 aromatic heterocycles. The van der Waals surface area contributed by atoms with Gasteiger partial charge in [0.1, 0.15) is 0 Å². The standard InChI is InChI=1S/C18H16OSi.C3H8O/c19-20(16-10-4-1-5-11-16,17-12-6-2-7-13-17)18-14-8-3-9-15-18;1-2-3-4/h1-15,19H;4H,2-3H2,1H3. The molecule has 0 bridgehead atoms. The Labute approximate surface area is 145 Å². The first-order valence-electron chi connectivity index (χ1n) is 8.23. The lowest BCUT2D eigenvalue weighted by Crippen LogP contribution is -2.67. The van der Waals surface area contributed by atoms with Crippen molar-refractivity contribution in [2.24, 2.45) is 0 Å². The smallest absolute Gasteiger partial charge is 0.285 e. The van der Waals surface area contributed by atoms with Crippen molar-refractivity contribution in [1.29, 1.82) is 0 Å². The van der Waals surface area contributed by atoms with E-state index in [-0.39, 0.29) is 0 Å². The highest BCUT2D eigenvalue weighted by Crippen LogP contribution is 2.03. The summed E-state index contributed by atoms with van der Waals surface area (Å²) < 4.78 is 0. The van der Waals surface area contributed by atoms with Gasteiger partial charge in [-0.2, -0.15) is 0 Å². The maximum atomic E-state index is 11.6. The van der Waals surface area contributed by atoms with Crippen LogP contribution in [0, 0.1) is 0 Å². The van der Waals surface area contributed by atoms with Crippen LogP contribution < -0.4 is 15.6 Å². The molecule has 3 rings (SSSR count). The molecule has 3 heteroatoms. The van der Waals surface area contributed by atoms with E-state index in [1.165, 1.54) is 0 Å². The fourth-order valence-corrected chi connectivity index (χ4v) is 5.56. The molecule has 2 N–H and O–H groups in total. The number of aliphatic hydroxyl groups excluding tert-OH is 1. The molecule has 0 radical (unpaired) electrons. The van der Waals surface area contributed by atoms with Crippen molar-refractivity contribution in [3.05, 3.63) is 91.0 Å². The average Bonchev–Trinajstić information content (AvgIpc) is 2.69. The van der Waals surface area contributed by atoms with Crippen LogP contribution in [0.1, 0.15) is 13.3 Å². The lowest BCUT2D eigenvalue weighted by molar-refractivity contribution is 0.295. The normalized spacial score (nSPS) is 10.6. The van der Waals surface area contributed by atoms with Crippen LogP contribution in [-0.4, -0.2) is 24.8 Å². The van der Waals surface area contributed by atoms with E-state index in [9.17, 15) is 4.80 Å². The van der Waals surface area contributed by atoms with Gasteiger partial charge in [0.05, 0.1) is 0 Å². The zero-order valence-electron chi connectivity index (χ0n) is 14.0. The minimum Gasteiger partial charge on any atom is -0.421 e. The van der Waals surface area contributed by atoms with Gasteiger partial charge in [0.2, 0.25) is 0 Å². The largest absolute Gasteiger partial charge is 0.421 e. The summed E-state index contributed by atoms with van der Waals surface area (Å²) in [6, 6.07) is 30.0. The Morgan fingerprint density at radius 1 is 0.625 bits per heavy atom. The fourth-order valence-electron chi connectivity index (χ4n) is 2.54. The van der Waals surface area contributed by atoms with Gasteiger partial charge in [0, 0.05) is 6.61 Å². The summed E-state index contributed by atoms with van der Waals surface area (Å²) in [7, 11) is -2.88. The van der Waals surface area contributed by atoms with Crippen LogP contribution in [0.4, 0.5) is 0 Å². The Hall–Kier alpha value is -2.20. The number of aliphatic hydroxyl groups is 1. The summed E-state index contributed by atoms with van der Waals surface area (Å²) in [5, 5.41) is 10.9. The van der Waals surface area contributed by atoms with E-state index in [0.29, 0.717) is 6.61 Å².